The smallest absolute Gasteiger partial charge is 0.343 e. The monoisotopic (exact) mass is 382 g/mol. The van der Waals surface area contributed by atoms with Crippen molar-refractivity contribution in [2.45, 2.75) is 19.5 Å². The van der Waals surface area contributed by atoms with E-state index in [0.717, 1.165) is 0 Å². The first-order chi connectivity index (χ1) is 13.6. The molecule has 2 unspecified atom stereocenters. The number of carbonyl (C=O) groups excluding carboxylic acids is 2. The zero-order valence-electron chi connectivity index (χ0n) is 15.3. The molecule has 0 saturated heterocycles. The van der Waals surface area contributed by atoms with E-state index in [4.69, 9.17) is 9.47 Å². The Hall–Kier alpha value is -3.74. The lowest BCUT2D eigenvalue weighted by atomic mass is 9.85. The van der Waals surface area contributed by atoms with E-state index < -0.39 is 23.5 Å². The third-order valence-corrected chi connectivity index (χ3v) is 4.26. The zero-order valence-corrected chi connectivity index (χ0v) is 15.3. The van der Waals surface area contributed by atoms with Gasteiger partial charge in [0.2, 0.25) is 0 Å². The van der Waals surface area contributed by atoms with Crippen molar-refractivity contribution >= 4 is 17.5 Å². The van der Waals surface area contributed by atoms with Crippen molar-refractivity contribution in [3.8, 4) is 6.07 Å². The van der Waals surface area contributed by atoms with Crippen LogP contribution in [-0.2, 0) is 24.7 Å². The number of nitrogens with one attached hydrogen (secondary N) is 1. The second-order valence-electron chi connectivity index (χ2n) is 5.78. The molecular weight excluding hydrogens is 364 g/mol. The van der Waals surface area contributed by atoms with Crippen molar-refractivity contribution in [2.75, 3.05) is 13.2 Å². The highest BCUT2D eigenvalue weighted by molar-refractivity contribution is 6.15. The predicted molar refractivity (Wildman–Crippen MR) is 94.8 cm³/mol. The minimum absolute atomic E-state index is 0.0746. The van der Waals surface area contributed by atoms with Crippen LogP contribution in [0.5, 0.6) is 0 Å². The molecule has 0 spiro atoms. The van der Waals surface area contributed by atoms with E-state index in [9.17, 15) is 14.9 Å². The van der Waals surface area contributed by atoms with Crippen LogP contribution >= 0.6 is 0 Å². The summed E-state index contributed by atoms with van der Waals surface area (Å²) in [5.74, 6) is -2.63. The van der Waals surface area contributed by atoms with Crippen molar-refractivity contribution in [1.29, 1.82) is 5.26 Å². The van der Waals surface area contributed by atoms with Gasteiger partial charge in [-0.1, -0.05) is 30.3 Å². The molecule has 3 rings (SSSR count). The molecule has 10 nitrogen and oxygen atoms in total. The fraction of sp³-hybridized carbons (Fsp3) is 0.333. The summed E-state index contributed by atoms with van der Waals surface area (Å²) in [6.07, 6.45) is 1.36. The van der Waals surface area contributed by atoms with Crippen LogP contribution in [0.15, 0.2) is 36.5 Å². The van der Waals surface area contributed by atoms with Gasteiger partial charge in [0.05, 0.1) is 19.3 Å². The Morgan fingerprint density at radius 3 is 2.61 bits per heavy atom. The minimum atomic E-state index is -1.50. The summed E-state index contributed by atoms with van der Waals surface area (Å²) < 4.78 is 11.4. The molecule has 0 amide bonds. The Labute approximate surface area is 160 Å². The van der Waals surface area contributed by atoms with E-state index >= 15 is 0 Å². The quantitative estimate of drug-likeness (QED) is 0.713. The molecule has 0 aliphatic carbocycles. The first-order valence-corrected chi connectivity index (χ1v) is 8.66. The first kappa shape index (κ1) is 19.0. The van der Waals surface area contributed by atoms with Crippen molar-refractivity contribution in [3.63, 3.8) is 0 Å². The molecule has 2 aromatic rings. The number of tetrazole rings is 1. The number of rotatable bonds is 6. The van der Waals surface area contributed by atoms with Gasteiger partial charge in [0.25, 0.3) is 0 Å². The third-order valence-electron chi connectivity index (χ3n) is 4.26. The van der Waals surface area contributed by atoms with Gasteiger partial charge in [0.1, 0.15) is 5.57 Å². The van der Waals surface area contributed by atoms with Crippen molar-refractivity contribution in [3.05, 3.63) is 47.9 Å². The van der Waals surface area contributed by atoms with E-state index in [0.29, 0.717) is 5.56 Å². The lowest BCUT2D eigenvalue weighted by molar-refractivity contribution is -0.149. The molecular formula is C18H18N6O4. The average Bonchev–Trinajstić information content (AvgIpc) is 3.20. The molecule has 28 heavy (non-hydrogen) atoms. The van der Waals surface area contributed by atoms with Crippen molar-refractivity contribution in [1.82, 2.24) is 25.5 Å². The van der Waals surface area contributed by atoms with Gasteiger partial charge in [-0.25, -0.2) is 4.79 Å². The van der Waals surface area contributed by atoms with Crippen molar-refractivity contribution in [2.24, 2.45) is 5.92 Å². The number of nitrogens with zero attached hydrogens (tertiary/aromatic N) is 5. The summed E-state index contributed by atoms with van der Waals surface area (Å²) in [7, 11) is 0. The number of aromatic nitrogens is 4. The number of carbonyl (C=O) groups is 2. The maximum Gasteiger partial charge on any atom is 0.343 e. The first-order valence-electron chi connectivity index (χ1n) is 8.66. The Balaban J connectivity index is 2.22. The van der Waals surface area contributed by atoms with E-state index in [2.05, 4.69) is 20.8 Å². The maximum absolute atomic E-state index is 12.6. The van der Waals surface area contributed by atoms with Gasteiger partial charge in [-0.15, -0.1) is 5.10 Å². The van der Waals surface area contributed by atoms with Crippen LogP contribution in [0, 0.1) is 17.2 Å². The van der Waals surface area contributed by atoms with Crippen LogP contribution in [0.25, 0.3) is 5.57 Å². The Morgan fingerprint density at radius 1 is 1.25 bits per heavy atom. The fourth-order valence-electron chi connectivity index (χ4n) is 3.07. The lowest BCUT2D eigenvalue weighted by Gasteiger charge is -2.39. The average molecular weight is 382 g/mol. The number of esters is 2. The second kappa shape index (κ2) is 7.87. The summed E-state index contributed by atoms with van der Waals surface area (Å²) >= 11 is 0. The van der Waals surface area contributed by atoms with Gasteiger partial charge in [-0.05, 0) is 24.3 Å². The van der Waals surface area contributed by atoms with Crippen LogP contribution in [0.4, 0.5) is 0 Å². The molecule has 0 saturated carbocycles. The van der Waals surface area contributed by atoms with Gasteiger partial charge in [0, 0.05) is 11.8 Å². The Bertz CT molecular complexity index is 948. The molecule has 144 valence electrons. The standard InChI is InChI=1S/C18H18N6O4/c1-3-27-16(25)13-11-20-18(12-8-6-5-7-9-12,24-15(13)21-22-23-24)14(10-19)17(26)28-4-2/h5-9,11,14,20H,3-4H2,1-2H3. The molecule has 1 aliphatic rings. The predicted octanol–water partition coefficient (Wildman–Crippen LogP) is 0.584. The third kappa shape index (κ3) is 2.96. The molecule has 1 N–H and O–H groups in total. The topological polar surface area (TPSA) is 132 Å². The molecule has 1 aromatic carbocycles. The summed E-state index contributed by atoms with van der Waals surface area (Å²) in [6, 6.07) is 10.8. The van der Waals surface area contributed by atoms with Gasteiger partial charge in [-0.3, -0.25) is 4.79 Å². The molecule has 0 radical (unpaired) electrons. The maximum atomic E-state index is 12.6. The molecule has 2 heterocycles. The van der Waals surface area contributed by atoms with Crippen LogP contribution in [-0.4, -0.2) is 45.4 Å². The number of ether oxygens (including phenoxy) is 2. The number of benzene rings is 1. The van der Waals surface area contributed by atoms with Crippen LogP contribution in [0.1, 0.15) is 25.2 Å². The second-order valence-corrected chi connectivity index (χ2v) is 5.78. The molecule has 10 heteroatoms. The molecule has 1 aromatic heterocycles. The largest absolute Gasteiger partial charge is 0.465 e. The van der Waals surface area contributed by atoms with Gasteiger partial charge < -0.3 is 14.8 Å². The molecule has 2 atom stereocenters. The van der Waals surface area contributed by atoms with Gasteiger partial charge >= 0.3 is 11.9 Å². The van der Waals surface area contributed by atoms with E-state index in [1.807, 2.05) is 6.07 Å². The number of fused-ring (bicyclic) bond motifs is 1. The van der Waals surface area contributed by atoms with E-state index in [-0.39, 0.29) is 24.6 Å². The van der Waals surface area contributed by atoms with Crippen LogP contribution < -0.4 is 5.32 Å². The molecule has 0 fully saturated rings. The molecule has 0 bridgehead atoms. The minimum Gasteiger partial charge on any atom is -0.465 e. The highest BCUT2D eigenvalue weighted by atomic mass is 16.5. The Morgan fingerprint density at radius 2 is 1.96 bits per heavy atom. The fourth-order valence-corrected chi connectivity index (χ4v) is 3.07. The Kier molecular flexibility index (Phi) is 5.35. The van der Waals surface area contributed by atoms with Crippen molar-refractivity contribution < 1.29 is 19.1 Å². The van der Waals surface area contributed by atoms with Gasteiger partial charge in [-0.2, -0.15) is 9.94 Å². The summed E-state index contributed by atoms with van der Waals surface area (Å²) in [4.78, 5) is 24.9. The van der Waals surface area contributed by atoms with E-state index in [1.165, 1.54) is 10.9 Å². The number of hydrogen-bond acceptors (Lipinski definition) is 9. The highest BCUT2D eigenvalue weighted by Crippen LogP contribution is 2.37. The highest BCUT2D eigenvalue weighted by Gasteiger charge is 2.52. The van der Waals surface area contributed by atoms with Crippen LogP contribution in [0.3, 0.4) is 0 Å². The normalized spacial score (nSPS) is 18.7. The number of hydrogen-bond donors (Lipinski definition) is 1. The zero-order chi connectivity index (χ0) is 20.1. The lowest BCUT2D eigenvalue weighted by Crippen LogP contribution is -2.57. The van der Waals surface area contributed by atoms with Crippen LogP contribution in [0.2, 0.25) is 0 Å². The summed E-state index contributed by atoms with van der Waals surface area (Å²) in [5.41, 5.74) is -0.877. The summed E-state index contributed by atoms with van der Waals surface area (Å²) in [5, 5.41) is 24.4. The van der Waals surface area contributed by atoms with E-state index in [1.54, 1.807) is 44.2 Å². The van der Waals surface area contributed by atoms with Gasteiger partial charge in [0.15, 0.2) is 17.4 Å². The number of nitriles is 1. The SMILES string of the molecule is CCOC(=O)C1=CNC(c2ccccc2)(C(C#N)C(=O)OCC)n2nnnc21. The summed E-state index contributed by atoms with van der Waals surface area (Å²) in [6.45, 7) is 3.61. The molecule has 1 aliphatic heterocycles.